The molecule has 0 bridgehead atoms. The molecule has 19 heavy (non-hydrogen) atoms. The Bertz CT molecular complexity index is 503. The summed E-state index contributed by atoms with van der Waals surface area (Å²) in [6.45, 7) is 8.57. The van der Waals surface area contributed by atoms with Crippen LogP contribution in [0.3, 0.4) is 0 Å². The molecule has 0 spiro atoms. The highest BCUT2D eigenvalue weighted by Gasteiger charge is 2.08. The van der Waals surface area contributed by atoms with E-state index in [9.17, 15) is 0 Å². The molecule has 0 aliphatic rings. The highest BCUT2D eigenvalue weighted by atomic mass is 32.1. The van der Waals surface area contributed by atoms with Gasteiger partial charge in [0.05, 0.1) is 10.7 Å². The molecular formula is C16H22N2S. The Morgan fingerprint density at radius 3 is 2.63 bits per heavy atom. The van der Waals surface area contributed by atoms with Gasteiger partial charge in [-0.15, -0.1) is 11.3 Å². The van der Waals surface area contributed by atoms with Crippen LogP contribution in [0.4, 0.5) is 0 Å². The van der Waals surface area contributed by atoms with Crippen molar-refractivity contribution in [1.29, 1.82) is 0 Å². The van der Waals surface area contributed by atoms with Crippen molar-refractivity contribution in [3.63, 3.8) is 0 Å². The fraction of sp³-hybridized carbons (Fsp3) is 0.438. The summed E-state index contributed by atoms with van der Waals surface area (Å²) >= 11 is 1.83. The van der Waals surface area contributed by atoms with E-state index in [-0.39, 0.29) is 0 Å². The Hall–Kier alpha value is -1.19. The monoisotopic (exact) mass is 274 g/mol. The van der Waals surface area contributed by atoms with Crippen molar-refractivity contribution < 1.29 is 0 Å². The third-order valence-corrected chi connectivity index (χ3v) is 4.13. The Morgan fingerprint density at radius 1 is 1.21 bits per heavy atom. The van der Waals surface area contributed by atoms with Crippen molar-refractivity contribution in [2.75, 3.05) is 6.54 Å². The van der Waals surface area contributed by atoms with Crippen molar-refractivity contribution in [1.82, 2.24) is 10.3 Å². The van der Waals surface area contributed by atoms with Gasteiger partial charge in [0.15, 0.2) is 0 Å². The Kier molecular flexibility index (Phi) is 5.11. The van der Waals surface area contributed by atoms with Crippen LogP contribution >= 0.6 is 11.3 Å². The maximum Gasteiger partial charge on any atom is 0.0975 e. The maximum absolute atomic E-state index is 4.68. The summed E-state index contributed by atoms with van der Waals surface area (Å²) in [6, 6.07) is 10.5. The van der Waals surface area contributed by atoms with E-state index in [1.165, 1.54) is 21.1 Å². The second kappa shape index (κ2) is 6.83. The Balaban J connectivity index is 1.96. The highest BCUT2D eigenvalue weighted by molar-refractivity contribution is 7.11. The van der Waals surface area contributed by atoms with Gasteiger partial charge in [0, 0.05) is 17.8 Å². The van der Waals surface area contributed by atoms with E-state index < -0.39 is 0 Å². The number of rotatable bonds is 6. The predicted molar refractivity (Wildman–Crippen MR) is 82.6 cm³/mol. The fourth-order valence-corrected chi connectivity index (χ4v) is 3.05. The fourth-order valence-electron chi connectivity index (χ4n) is 1.97. The van der Waals surface area contributed by atoms with E-state index in [0.29, 0.717) is 5.92 Å². The molecule has 0 fully saturated rings. The molecule has 0 saturated heterocycles. The van der Waals surface area contributed by atoms with Gasteiger partial charge < -0.3 is 5.32 Å². The molecule has 1 N–H and O–H groups in total. The minimum Gasteiger partial charge on any atom is -0.312 e. The summed E-state index contributed by atoms with van der Waals surface area (Å²) in [5, 5.41) is 4.70. The average Bonchev–Trinajstić information content (AvgIpc) is 2.70. The predicted octanol–water partition coefficient (Wildman–Crippen LogP) is 3.79. The lowest BCUT2D eigenvalue weighted by molar-refractivity contribution is 0.554. The molecule has 0 saturated carbocycles. The van der Waals surface area contributed by atoms with Crippen LogP contribution in [0.2, 0.25) is 0 Å². The van der Waals surface area contributed by atoms with Crippen LogP contribution in [0.25, 0.3) is 0 Å². The molecule has 0 amide bonds. The van der Waals surface area contributed by atoms with Crippen molar-refractivity contribution >= 4 is 11.3 Å². The average molecular weight is 274 g/mol. The summed E-state index contributed by atoms with van der Waals surface area (Å²) in [7, 11) is 0. The first-order valence-corrected chi connectivity index (χ1v) is 7.66. The smallest absolute Gasteiger partial charge is 0.0975 e. The number of nitrogens with zero attached hydrogens (tertiary/aromatic N) is 1. The van der Waals surface area contributed by atoms with Gasteiger partial charge in [0.25, 0.3) is 0 Å². The lowest BCUT2D eigenvalue weighted by Crippen LogP contribution is -2.18. The first-order chi connectivity index (χ1) is 9.15. The molecule has 2 aromatic rings. The maximum atomic E-state index is 4.68. The zero-order valence-electron chi connectivity index (χ0n) is 11.9. The lowest BCUT2D eigenvalue weighted by Gasteiger charge is -2.05. The summed E-state index contributed by atoms with van der Waals surface area (Å²) in [4.78, 5) is 6.05. The molecule has 102 valence electrons. The molecule has 1 aromatic heterocycles. The molecule has 0 unspecified atom stereocenters. The van der Waals surface area contributed by atoms with Gasteiger partial charge in [0.1, 0.15) is 0 Å². The largest absolute Gasteiger partial charge is 0.312 e. The second-order valence-corrected chi connectivity index (χ2v) is 6.47. The quantitative estimate of drug-likeness (QED) is 0.867. The lowest BCUT2D eigenvalue weighted by atomic mass is 10.2. The van der Waals surface area contributed by atoms with E-state index in [2.05, 4.69) is 61.4 Å². The van der Waals surface area contributed by atoms with E-state index in [4.69, 9.17) is 0 Å². The zero-order chi connectivity index (χ0) is 13.7. The number of hydrogen-bond acceptors (Lipinski definition) is 3. The van der Waals surface area contributed by atoms with Crippen LogP contribution in [-0.4, -0.2) is 11.5 Å². The van der Waals surface area contributed by atoms with E-state index in [1.54, 1.807) is 0 Å². The van der Waals surface area contributed by atoms with Gasteiger partial charge in [-0.1, -0.05) is 44.2 Å². The molecule has 1 aromatic carbocycles. The minimum absolute atomic E-state index is 0.692. The van der Waals surface area contributed by atoms with Crippen molar-refractivity contribution in [3.8, 4) is 0 Å². The number of thiazole rings is 1. The minimum atomic E-state index is 0.692. The van der Waals surface area contributed by atoms with Crippen LogP contribution < -0.4 is 5.32 Å². The van der Waals surface area contributed by atoms with Crippen molar-refractivity contribution in [2.24, 2.45) is 5.92 Å². The normalized spacial score (nSPS) is 11.2. The first-order valence-electron chi connectivity index (χ1n) is 6.85. The summed E-state index contributed by atoms with van der Waals surface area (Å²) in [6.07, 6.45) is 0.941. The molecule has 1 heterocycles. The Morgan fingerprint density at radius 2 is 1.95 bits per heavy atom. The van der Waals surface area contributed by atoms with Crippen LogP contribution in [0.15, 0.2) is 30.3 Å². The summed E-state index contributed by atoms with van der Waals surface area (Å²) in [5.74, 6) is 0.692. The van der Waals surface area contributed by atoms with Crippen molar-refractivity contribution in [2.45, 2.75) is 33.7 Å². The summed E-state index contributed by atoms with van der Waals surface area (Å²) in [5.41, 5.74) is 2.50. The van der Waals surface area contributed by atoms with Gasteiger partial charge >= 0.3 is 0 Å². The van der Waals surface area contributed by atoms with E-state index in [1.807, 2.05) is 11.3 Å². The van der Waals surface area contributed by atoms with Crippen LogP contribution in [0.5, 0.6) is 0 Å². The van der Waals surface area contributed by atoms with Gasteiger partial charge in [-0.25, -0.2) is 4.98 Å². The van der Waals surface area contributed by atoms with Crippen LogP contribution in [0, 0.1) is 12.8 Å². The zero-order valence-corrected chi connectivity index (χ0v) is 12.8. The van der Waals surface area contributed by atoms with Gasteiger partial charge in [-0.2, -0.15) is 0 Å². The third-order valence-electron chi connectivity index (χ3n) is 2.97. The number of nitrogens with one attached hydrogen (secondary N) is 1. The van der Waals surface area contributed by atoms with Crippen LogP contribution in [-0.2, 0) is 13.0 Å². The Labute approximate surface area is 119 Å². The molecule has 0 aliphatic carbocycles. The second-order valence-electron chi connectivity index (χ2n) is 5.30. The van der Waals surface area contributed by atoms with E-state index >= 15 is 0 Å². The number of benzene rings is 1. The van der Waals surface area contributed by atoms with Gasteiger partial charge in [-0.05, 0) is 24.9 Å². The molecular weight excluding hydrogens is 252 g/mol. The topological polar surface area (TPSA) is 24.9 Å². The van der Waals surface area contributed by atoms with E-state index in [0.717, 1.165) is 19.5 Å². The van der Waals surface area contributed by atoms with Gasteiger partial charge in [0.2, 0.25) is 0 Å². The first kappa shape index (κ1) is 14.2. The van der Waals surface area contributed by atoms with Crippen molar-refractivity contribution in [3.05, 3.63) is 51.5 Å². The number of aryl methyl sites for hydroxylation is 1. The number of hydrogen-bond donors (Lipinski definition) is 1. The molecule has 0 atom stereocenters. The van der Waals surface area contributed by atoms with Gasteiger partial charge in [-0.3, -0.25) is 0 Å². The standard InChI is InChI=1S/C16H22N2S/c1-12(2)10-17-11-15-13(3)18-16(19-15)9-14-7-5-4-6-8-14/h4-8,12,17H,9-11H2,1-3H3. The molecule has 0 aliphatic heterocycles. The van der Waals surface area contributed by atoms with Crippen LogP contribution in [0.1, 0.15) is 35.0 Å². The molecule has 0 radical (unpaired) electrons. The highest BCUT2D eigenvalue weighted by Crippen LogP contribution is 2.20. The molecule has 3 heteroatoms. The summed E-state index contributed by atoms with van der Waals surface area (Å²) < 4.78 is 0. The molecule has 2 rings (SSSR count). The third kappa shape index (κ3) is 4.44. The SMILES string of the molecule is Cc1nc(Cc2ccccc2)sc1CNCC(C)C. The number of aromatic nitrogens is 1. The molecule has 2 nitrogen and oxygen atoms in total.